The second kappa shape index (κ2) is 8.17. The molecule has 1 aromatic rings. The number of amides is 2. The van der Waals surface area contributed by atoms with Gasteiger partial charge in [-0.25, -0.2) is 9.86 Å². The third-order valence-corrected chi connectivity index (χ3v) is 3.18. The minimum absolute atomic E-state index is 0.0178. The highest BCUT2D eigenvalue weighted by Gasteiger charge is 2.24. The van der Waals surface area contributed by atoms with E-state index in [4.69, 9.17) is 21.2 Å². The third kappa shape index (κ3) is 6.88. The molecule has 0 radical (unpaired) electrons. The van der Waals surface area contributed by atoms with Crippen LogP contribution in [0.15, 0.2) is 24.3 Å². The number of halogens is 1. The number of hydrogen-bond acceptors (Lipinski definition) is 4. The summed E-state index contributed by atoms with van der Waals surface area (Å²) in [6.07, 6.45) is -0.584. The molecule has 0 aliphatic heterocycles. The molecule has 128 valence electrons. The van der Waals surface area contributed by atoms with Crippen LogP contribution < -0.4 is 5.32 Å². The Bertz CT molecular complexity index is 557. The van der Waals surface area contributed by atoms with Gasteiger partial charge in [0.2, 0.25) is 5.91 Å². The van der Waals surface area contributed by atoms with Crippen molar-refractivity contribution in [3.63, 3.8) is 0 Å². The summed E-state index contributed by atoms with van der Waals surface area (Å²) in [7, 11) is 2.90. The van der Waals surface area contributed by atoms with Gasteiger partial charge in [0.25, 0.3) is 0 Å². The maximum Gasteiger partial charge on any atom is 0.408 e. The van der Waals surface area contributed by atoms with Gasteiger partial charge in [0.15, 0.2) is 0 Å². The van der Waals surface area contributed by atoms with Crippen molar-refractivity contribution in [1.29, 1.82) is 0 Å². The van der Waals surface area contributed by atoms with Crippen LogP contribution in [0.1, 0.15) is 38.8 Å². The number of nitrogens with one attached hydrogen (secondary N) is 1. The molecular weight excluding hydrogens is 320 g/mol. The molecule has 1 aromatic carbocycles. The maximum atomic E-state index is 12.1. The molecule has 0 heterocycles. The monoisotopic (exact) mass is 342 g/mol. The van der Waals surface area contributed by atoms with Gasteiger partial charge in [-0.05, 0) is 38.5 Å². The topological polar surface area (TPSA) is 67.9 Å². The van der Waals surface area contributed by atoms with Crippen LogP contribution in [0, 0.1) is 0 Å². The lowest BCUT2D eigenvalue weighted by Gasteiger charge is -2.25. The van der Waals surface area contributed by atoms with Gasteiger partial charge in [0.05, 0.1) is 19.6 Å². The quantitative estimate of drug-likeness (QED) is 0.833. The van der Waals surface area contributed by atoms with Gasteiger partial charge in [-0.3, -0.25) is 9.63 Å². The second-order valence-electron chi connectivity index (χ2n) is 6.03. The average Bonchev–Trinajstić information content (AvgIpc) is 2.43. The normalized spacial score (nSPS) is 12.4. The summed E-state index contributed by atoms with van der Waals surface area (Å²) in [5, 5.41) is 4.33. The van der Waals surface area contributed by atoms with Crippen LogP contribution in [0.5, 0.6) is 0 Å². The van der Waals surface area contributed by atoms with Gasteiger partial charge in [-0.15, -0.1) is 0 Å². The van der Waals surface area contributed by atoms with Crippen LogP contribution in [-0.4, -0.2) is 36.8 Å². The fourth-order valence-corrected chi connectivity index (χ4v) is 2.03. The van der Waals surface area contributed by atoms with Gasteiger partial charge in [0, 0.05) is 12.1 Å². The largest absolute Gasteiger partial charge is 0.444 e. The fraction of sp³-hybridized carbons (Fsp3) is 0.500. The van der Waals surface area contributed by atoms with Crippen molar-refractivity contribution < 1.29 is 19.2 Å². The zero-order valence-electron chi connectivity index (χ0n) is 14.1. The molecule has 0 fully saturated rings. The van der Waals surface area contributed by atoms with E-state index in [0.717, 1.165) is 5.06 Å². The number of benzene rings is 1. The maximum absolute atomic E-state index is 12.1. The Morgan fingerprint density at radius 1 is 1.35 bits per heavy atom. The van der Waals surface area contributed by atoms with E-state index in [-0.39, 0.29) is 12.3 Å². The Balaban J connectivity index is 2.93. The first-order valence-electron chi connectivity index (χ1n) is 7.18. The Kier molecular flexibility index (Phi) is 6.84. The molecule has 0 aliphatic carbocycles. The Morgan fingerprint density at radius 2 is 2.00 bits per heavy atom. The number of hydrogen-bond donors (Lipinski definition) is 1. The molecule has 23 heavy (non-hydrogen) atoms. The average molecular weight is 343 g/mol. The Morgan fingerprint density at radius 3 is 2.52 bits per heavy atom. The number of nitrogens with zero attached hydrogens (tertiary/aromatic N) is 1. The summed E-state index contributed by atoms with van der Waals surface area (Å²) in [6.45, 7) is 5.31. The van der Waals surface area contributed by atoms with E-state index in [1.165, 1.54) is 14.2 Å². The minimum Gasteiger partial charge on any atom is -0.444 e. The first-order valence-corrected chi connectivity index (χ1v) is 7.56. The van der Waals surface area contributed by atoms with Crippen LogP contribution in [-0.2, 0) is 14.4 Å². The molecule has 7 heteroatoms. The number of ether oxygens (including phenoxy) is 1. The lowest BCUT2D eigenvalue weighted by Crippen LogP contribution is -2.37. The van der Waals surface area contributed by atoms with E-state index in [0.29, 0.717) is 10.6 Å². The van der Waals surface area contributed by atoms with E-state index < -0.39 is 17.7 Å². The van der Waals surface area contributed by atoms with Crippen molar-refractivity contribution in [1.82, 2.24) is 10.4 Å². The summed E-state index contributed by atoms with van der Waals surface area (Å²) in [5.74, 6) is -0.284. The lowest BCUT2D eigenvalue weighted by molar-refractivity contribution is -0.169. The van der Waals surface area contributed by atoms with Crippen LogP contribution >= 0.6 is 11.6 Å². The van der Waals surface area contributed by atoms with Gasteiger partial charge in [0.1, 0.15) is 5.60 Å². The van der Waals surface area contributed by atoms with Crippen molar-refractivity contribution in [2.75, 3.05) is 14.2 Å². The molecule has 0 aliphatic rings. The van der Waals surface area contributed by atoms with Crippen molar-refractivity contribution in [3.05, 3.63) is 34.9 Å². The molecule has 1 atom stereocenters. The summed E-state index contributed by atoms with van der Waals surface area (Å²) >= 11 is 5.99. The first kappa shape index (κ1) is 19.3. The van der Waals surface area contributed by atoms with Crippen LogP contribution in [0.3, 0.4) is 0 Å². The highest BCUT2D eigenvalue weighted by molar-refractivity contribution is 6.30. The van der Waals surface area contributed by atoms with Crippen LogP contribution in [0.2, 0.25) is 5.02 Å². The standard InChI is InChI=1S/C16H23ClN2O4/c1-16(2,3)23-15(21)18-13(10-14(20)19(4)22-5)11-7-6-8-12(17)9-11/h6-9,13H,10H2,1-5H3,(H,18,21). The van der Waals surface area contributed by atoms with Crippen molar-refractivity contribution >= 4 is 23.6 Å². The third-order valence-electron chi connectivity index (χ3n) is 2.95. The molecule has 0 aromatic heterocycles. The van der Waals surface area contributed by atoms with Crippen LogP contribution in [0.4, 0.5) is 4.79 Å². The molecule has 1 rings (SSSR count). The van der Waals surface area contributed by atoms with Crippen molar-refractivity contribution in [2.24, 2.45) is 0 Å². The predicted molar refractivity (Wildman–Crippen MR) is 88.0 cm³/mol. The van der Waals surface area contributed by atoms with E-state index in [2.05, 4.69) is 5.32 Å². The van der Waals surface area contributed by atoms with E-state index in [1.807, 2.05) is 0 Å². The fourth-order valence-electron chi connectivity index (χ4n) is 1.83. The molecule has 2 amide bonds. The second-order valence-corrected chi connectivity index (χ2v) is 6.47. The molecule has 0 bridgehead atoms. The zero-order chi connectivity index (χ0) is 17.6. The molecule has 0 spiro atoms. The smallest absolute Gasteiger partial charge is 0.408 e. The van der Waals surface area contributed by atoms with E-state index >= 15 is 0 Å². The summed E-state index contributed by atoms with van der Waals surface area (Å²) < 4.78 is 5.25. The SMILES string of the molecule is CON(C)C(=O)CC(NC(=O)OC(C)(C)C)c1cccc(Cl)c1. The highest BCUT2D eigenvalue weighted by Crippen LogP contribution is 2.22. The number of rotatable bonds is 5. The van der Waals surface area contributed by atoms with Gasteiger partial charge in [-0.1, -0.05) is 23.7 Å². The van der Waals surface area contributed by atoms with Crippen molar-refractivity contribution in [2.45, 2.75) is 38.8 Å². The molecule has 1 unspecified atom stereocenters. The zero-order valence-corrected chi connectivity index (χ0v) is 14.8. The van der Waals surface area contributed by atoms with Crippen molar-refractivity contribution in [3.8, 4) is 0 Å². The van der Waals surface area contributed by atoms with E-state index in [9.17, 15) is 9.59 Å². The Hall–Kier alpha value is -1.79. The summed E-state index contributed by atoms with van der Waals surface area (Å²) in [5.41, 5.74) is 0.0808. The van der Waals surface area contributed by atoms with Gasteiger partial charge in [-0.2, -0.15) is 0 Å². The summed E-state index contributed by atoms with van der Waals surface area (Å²) in [6, 6.07) is 6.39. The number of alkyl carbamates (subject to hydrolysis) is 1. The van der Waals surface area contributed by atoms with Gasteiger partial charge < -0.3 is 10.1 Å². The summed E-state index contributed by atoms with van der Waals surface area (Å²) in [4.78, 5) is 29.0. The Labute approximate surface area is 141 Å². The minimum atomic E-state index is -0.629. The molecular formula is C16H23ClN2O4. The molecule has 0 saturated heterocycles. The number of carbonyl (C=O) groups is 2. The lowest BCUT2D eigenvalue weighted by atomic mass is 10.0. The first-order chi connectivity index (χ1) is 10.6. The predicted octanol–water partition coefficient (Wildman–Crippen LogP) is 3.32. The number of hydroxylamine groups is 2. The van der Waals surface area contributed by atoms with Gasteiger partial charge >= 0.3 is 6.09 Å². The van der Waals surface area contributed by atoms with Crippen LogP contribution in [0.25, 0.3) is 0 Å². The highest BCUT2D eigenvalue weighted by atomic mass is 35.5. The molecule has 6 nitrogen and oxygen atoms in total. The van der Waals surface area contributed by atoms with E-state index in [1.54, 1.807) is 45.0 Å². The molecule has 1 N–H and O–H groups in total. The number of carbonyl (C=O) groups excluding carboxylic acids is 2. The molecule has 0 saturated carbocycles.